The fourth-order valence-corrected chi connectivity index (χ4v) is 5.02. The lowest BCUT2D eigenvalue weighted by molar-refractivity contribution is -0.134. The average Bonchev–Trinajstić information content (AvgIpc) is 3.44. The van der Waals surface area contributed by atoms with E-state index >= 15 is 0 Å². The van der Waals surface area contributed by atoms with Crippen molar-refractivity contribution in [3.8, 4) is 0 Å². The molecule has 3 atom stereocenters. The number of hydrogen-bond acceptors (Lipinski definition) is 7. The van der Waals surface area contributed by atoms with E-state index in [4.69, 9.17) is 4.52 Å². The number of rotatable bonds is 8. The van der Waals surface area contributed by atoms with E-state index in [2.05, 4.69) is 49.4 Å². The van der Waals surface area contributed by atoms with Crippen molar-refractivity contribution in [1.82, 2.24) is 35.5 Å². The number of amides is 1. The summed E-state index contributed by atoms with van der Waals surface area (Å²) in [5.41, 5.74) is -0.812. The average molecular weight is 403 g/mol. The van der Waals surface area contributed by atoms with Crippen LogP contribution in [0.5, 0.6) is 0 Å². The molecule has 10 heteroatoms. The first-order valence-electron chi connectivity index (χ1n) is 10.3. The molecule has 29 heavy (non-hydrogen) atoms. The molecule has 1 amide bonds. The maximum Gasteiger partial charge on any atom is 0.340 e. The van der Waals surface area contributed by atoms with E-state index in [1.807, 2.05) is 0 Å². The first-order valence-corrected chi connectivity index (χ1v) is 10.3. The molecule has 4 rings (SSSR count). The lowest BCUT2D eigenvalue weighted by Gasteiger charge is -2.37. The first kappa shape index (κ1) is 19.8. The Kier molecular flexibility index (Phi) is 5.28. The van der Waals surface area contributed by atoms with Gasteiger partial charge in [0.05, 0.1) is 18.5 Å². The fraction of sp³-hybridized carbons (Fsp3) is 0.737. The second kappa shape index (κ2) is 7.74. The lowest BCUT2D eigenvalue weighted by atomic mass is 9.69. The Morgan fingerprint density at radius 2 is 2.24 bits per heavy atom. The summed E-state index contributed by atoms with van der Waals surface area (Å²) in [4.78, 5) is 34.0. The van der Waals surface area contributed by atoms with Crippen LogP contribution in [0.25, 0.3) is 0 Å². The summed E-state index contributed by atoms with van der Waals surface area (Å²) in [6.07, 6.45) is 4.75. The maximum absolute atomic E-state index is 13.4. The van der Waals surface area contributed by atoms with Crippen LogP contribution in [-0.4, -0.2) is 48.2 Å². The molecular formula is C19H29N7O3. The number of aryl methyl sites for hydroxylation is 1. The number of aromatic amines is 2. The van der Waals surface area contributed by atoms with Crippen LogP contribution >= 0.6 is 0 Å². The predicted octanol–water partition coefficient (Wildman–Crippen LogP) is 1.27. The molecule has 0 aliphatic carbocycles. The number of hydrogen-bond donors (Lipinski definition) is 3. The third kappa shape index (κ3) is 3.85. The molecular weight excluding hydrogens is 374 g/mol. The molecule has 2 aliphatic heterocycles. The molecule has 2 aliphatic rings. The molecule has 2 bridgehead atoms. The van der Waals surface area contributed by atoms with Crippen molar-refractivity contribution in [3.63, 3.8) is 0 Å². The largest absolute Gasteiger partial charge is 0.348 e. The smallest absolute Gasteiger partial charge is 0.340 e. The zero-order chi connectivity index (χ0) is 20.6. The molecule has 2 aromatic rings. The van der Waals surface area contributed by atoms with Crippen LogP contribution in [0.15, 0.2) is 9.32 Å². The SMILES string of the molecule is Cc1nc(CN2[C@@H]3CC[C@H]2[C@@](CCC(C)C)(C(=O)NCc2n[nH]c(=O)[nH]2)C3)no1. The van der Waals surface area contributed by atoms with Gasteiger partial charge in [0.15, 0.2) is 5.82 Å². The number of fused-ring (bicyclic) bond motifs is 2. The van der Waals surface area contributed by atoms with Gasteiger partial charge in [-0.15, -0.1) is 0 Å². The van der Waals surface area contributed by atoms with Gasteiger partial charge in [0.1, 0.15) is 5.82 Å². The monoisotopic (exact) mass is 403 g/mol. The molecule has 0 aromatic carbocycles. The molecule has 2 saturated heterocycles. The van der Waals surface area contributed by atoms with Gasteiger partial charge in [-0.2, -0.15) is 10.1 Å². The number of H-pyrrole nitrogens is 2. The summed E-state index contributed by atoms with van der Waals surface area (Å²) in [6, 6.07) is 0.505. The molecule has 158 valence electrons. The highest BCUT2D eigenvalue weighted by molar-refractivity contribution is 5.84. The zero-order valence-electron chi connectivity index (χ0n) is 17.2. The Hall–Kier alpha value is -2.49. The zero-order valence-corrected chi connectivity index (χ0v) is 17.2. The molecule has 0 spiro atoms. The summed E-state index contributed by atoms with van der Waals surface area (Å²) in [5.74, 6) is 2.24. The third-order valence-electron chi connectivity index (χ3n) is 6.36. The van der Waals surface area contributed by atoms with Crippen LogP contribution in [0.2, 0.25) is 0 Å². The predicted molar refractivity (Wildman–Crippen MR) is 104 cm³/mol. The molecule has 2 aromatic heterocycles. The van der Waals surface area contributed by atoms with Crippen molar-refractivity contribution < 1.29 is 9.32 Å². The van der Waals surface area contributed by atoms with E-state index in [-0.39, 0.29) is 24.2 Å². The van der Waals surface area contributed by atoms with Gasteiger partial charge in [0.2, 0.25) is 11.8 Å². The Bertz CT molecular complexity index is 917. The summed E-state index contributed by atoms with van der Waals surface area (Å²) in [6.45, 7) is 6.98. The number of nitrogens with zero attached hydrogens (tertiary/aromatic N) is 4. The van der Waals surface area contributed by atoms with Crippen LogP contribution in [0.3, 0.4) is 0 Å². The second-order valence-corrected chi connectivity index (χ2v) is 8.75. The van der Waals surface area contributed by atoms with Crippen molar-refractivity contribution in [1.29, 1.82) is 0 Å². The number of carbonyl (C=O) groups is 1. The highest BCUT2D eigenvalue weighted by Gasteiger charge is 2.59. The van der Waals surface area contributed by atoms with E-state index in [9.17, 15) is 9.59 Å². The van der Waals surface area contributed by atoms with Crippen LogP contribution in [-0.2, 0) is 17.9 Å². The second-order valence-electron chi connectivity index (χ2n) is 8.75. The Balaban J connectivity index is 1.52. The Morgan fingerprint density at radius 1 is 1.41 bits per heavy atom. The lowest BCUT2D eigenvalue weighted by Crippen LogP contribution is -2.49. The number of aromatic nitrogens is 5. The minimum absolute atomic E-state index is 0.0449. The highest BCUT2D eigenvalue weighted by atomic mass is 16.5. The number of nitrogens with one attached hydrogen (secondary N) is 3. The van der Waals surface area contributed by atoms with Crippen molar-refractivity contribution in [2.45, 2.75) is 78.0 Å². The quantitative estimate of drug-likeness (QED) is 0.604. The Morgan fingerprint density at radius 3 is 2.90 bits per heavy atom. The van der Waals surface area contributed by atoms with E-state index in [0.717, 1.165) is 32.1 Å². The first-order chi connectivity index (χ1) is 13.9. The van der Waals surface area contributed by atoms with Crippen LogP contribution in [0, 0.1) is 18.3 Å². The topological polar surface area (TPSA) is 133 Å². The fourth-order valence-electron chi connectivity index (χ4n) is 5.02. The Labute approximate surface area is 168 Å². The van der Waals surface area contributed by atoms with Gasteiger partial charge in [0, 0.05) is 19.0 Å². The van der Waals surface area contributed by atoms with Crippen molar-refractivity contribution in [2.75, 3.05) is 0 Å². The molecule has 10 nitrogen and oxygen atoms in total. The van der Waals surface area contributed by atoms with E-state index in [1.165, 1.54) is 0 Å². The van der Waals surface area contributed by atoms with Crippen LogP contribution < -0.4 is 11.0 Å². The summed E-state index contributed by atoms with van der Waals surface area (Å²) in [7, 11) is 0. The normalized spacial score (nSPS) is 26.5. The highest BCUT2D eigenvalue weighted by Crippen LogP contribution is 2.53. The van der Waals surface area contributed by atoms with Crippen molar-refractivity contribution in [3.05, 3.63) is 28.0 Å². The molecule has 0 saturated carbocycles. The van der Waals surface area contributed by atoms with Crippen LogP contribution in [0.4, 0.5) is 0 Å². The summed E-state index contributed by atoms with van der Waals surface area (Å²) in [5, 5.41) is 13.3. The van der Waals surface area contributed by atoms with Crippen molar-refractivity contribution >= 4 is 5.91 Å². The summed E-state index contributed by atoms with van der Waals surface area (Å²) < 4.78 is 5.13. The molecule has 3 N–H and O–H groups in total. The van der Waals surface area contributed by atoms with Crippen molar-refractivity contribution in [2.24, 2.45) is 11.3 Å². The van der Waals surface area contributed by atoms with Gasteiger partial charge in [-0.1, -0.05) is 19.0 Å². The molecule has 2 fully saturated rings. The van der Waals surface area contributed by atoms with Gasteiger partial charge in [-0.25, -0.2) is 9.89 Å². The van der Waals surface area contributed by atoms with E-state index in [1.54, 1.807) is 6.92 Å². The molecule has 0 unspecified atom stereocenters. The number of carbonyl (C=O) groups excluding carboxylic acids is 1. The van der Waals surface area contributed by atoms with Gasteiger partial charge < -0.3 is 9.84 Å². The van der Waals surface area contributed by atoms with E-state index < -0.39 is 5.41 Å². The minimum Gasteiger partial charge on any atom is -0.348 e. The van der Waals surface area contributed by atoms with Crippen LogP contribution in [0.1, 0.15) is 63.5 Å². The standard InChI is InChI=1S/C19H29N7O3/c1-11(2)6-7-19(17(27)20-9-15-22-18(28)24-23-15)8-13-4-5-14(19)26(13)10-16-21-12(3)29-25-16/h11,13-14H,4-10H2,1-3H3,(H,20,27)(H2,22,23,24,28)/t13-,14+,19+/m1/s1. The summed E-state index contributed by atoms with van der Waals surface area (Å²) >= 11 is 0. The maximum atomic E-state index is 13.4. The van der Waals surface area contributed by atoms with Gasteiger partial charge in [0.25, 0.3) is 0 Å². The molecule has 4 heterocycles. The minimum atomic E-state index is -0.442. The molecule has 0 radical (unpaired) electrons. The van der Waals surface area contributed by atoms with E-state index in [0.29, 0.717) is 36.0 Å². The van der Waals surface area contributed by atoms with Gasteiger partial charge in [-0.3, -0.25) is 14.7 Å². The third-order valence-corrected chi connectivity index (χ3v) is 6.36. The van der Waals surface area contributed by atoms with Gasteiger partial charge >= 0.3 is 5.69 Å². The van der Waals surface area contributed by atoms with Gasteiger partial charge in [-0.05, 0) is 38.0 Å².